The van der Waals surface area contributed by atoms with Crippen LogP contribution >= 0.6 is 0 Å². The van der Waals surface area contributed by atoms with E-state index in [9.17, 15) is 13.9 Å². The summed E-state index contributed by atoms with van der Waals surface area (Å²) >= 11 is 0. The molecule has 0 aliphatic carbocycles. The summed E-state index contributed by atoms with van der Waals surface area (Å²) in [6.07, 6.45) is 3.34. The number of aliphatic hydroxyl groups excluding tert-OH is 1. The van der Waals surface area contributed by atoms with Crippen molar-refractivity contribution in [2.24, 2.45) is 0 Å². The molecule has 4 heteroatoms. The molecule has 0 amide bonds. The summed E-state index contributed by atoms with van der Waals surface area (Å²) in [6.45, 7) is -0.419. The average molecular weight is 192 g/mol. The van der Waals surface area contributed by atoms with Crippen LogP contribution in [0, 0.1) is 12.3 Å². The maximum atomic E-state index is 11.5. The highest BCUT2D eigenvalue weighted by molar-refractivity contribution is 4.84. The van der Waals surface area contributed by atoms with Crippen molar-refractivity contribution in [2.75, 3.05) is 13.2 Å². The smallest absolute Gasteiger partial charge is 0.261 e. The predicted molar refractivity (Wildman–Crippen MR) is 45.5 cm³/mol. The highest BCUT2D eigenvalue weighted by Crippen LogP contribution is 2.02. The molecule has 1 N–H and O–H groups in total. The fourth-order valence-corrected chi connectivity index (χ4v) is 0.786. The van der Waals surface area contributed by atoms with Crippen LogP contribution in [-0.2, 0) is 4.74 Å². The molecule has 0 saturated heterocycles. The van der Waals surface area contributed by atoms with E-state index in [0.29, 0.717) is 19.3 Å². The molecule has 0 saturated carbocycles. The number of ether oxygens (including phenoxy) is 1. The van der Waals surface area contributed by atoms with Gasteiger partial charge in [0.15, 0.2) is 0 Å². The highest BCUT2D eigenvalue weighted by Gasteiger charge is 2.05. The number of aliphatic hydroxyl groups is 1. The Morgan fingerprint density at radius 3 is 2.62 bits per heavy atom. The molecule has 76 valence electrons. The molecule has 0 aliphatic rings. The van der Waals surface area contributed by atoms with E-state index in [-0.39, 0.29) is 6.61 Å². The molecule has 0 aromatic rings. The molecule has 0 fully saturated rings. The van der Waals surface area contributed by atoms with E-state index in [1.54, 1.807) is 0 Å². The highest BCUT2D eigenvalue weighted by atomic mass is 19.3. The zero-order chi connectivity index (χ0) is 10.1. The van der Waals surface area contributed by atoms with Gasteiger partial charge in [0.1, 0.15) is 6.61 Å². The largest absolute Gasteiger partial charge is 0.393 e. The first kappa shape index (κ1) is 12.3. The SMILES string of the molecule is C#CCCC(O)CCOCC(F)F. The lowest BCUT2D eigenvalue weighted by molar-refractivity contribution is 0.00441. The minimum absolute atomic E-state index is 0.149. The van der Waals surface area contributed by atoms with Gasteiger partial charge in [0.05, 0.1) is 6.10 Å². The van der Waals surface area contributed by atoms with Crippen LogP contribution < -0.4 is 0 Å². The quantitative estimate of drug-likeness (QED) is 0.488. The molecule has 0 spiro atoms. The summed E-state index contributed by atoms with van der Waals surface area (Å²) in [5, 5.41) is 9.18. The Labute approximate surface area is 76.9 Å². The topological polar surface area (TPSA) is 29.5 Å². The average Bonchev–Trinajstić information content (AvgIpc) is 2.08. The Bertz CT molecular complexity index is 154. The van der Waals surface area contributed by atoms with Gasteiger partial charge in [-0.3, -0.25) is 0 Å². The van der Waals surface area contributed by atoms with Crippen molar-refractivity contribution in [1.82, 2.24) is 0 Å². The maximum Gasteiger partial charge on any atom is 0.261 e. The molecule has 1 unspecified atom stereocenters. The van der Waals surface area contributed by atoms with E-state index < -0.39 is 19.1 Å². The number of halogens is 2. The van der Waals surface area contributed by atoms with E-state index in [0.717, 1.165) is 0 Å². The predicted octanol–water partition coefficient (Wildman–Crippen LogP) is 1.43. The van der Waals surface area contributed by atoms with E-state index in [1.165, 1.54) is 0 Å². The minimum atomic E-state index is -2.44. The Kier molecular flexibility index (Phi) is 7.56. The van der Waals surface area contributed by atoms with Crippen molar-refractivity contribution < 1.29 is 18.6 Å². The molecule has 0 aromatic heterocycles. The molecule has 0 radical (unpaired) electrons. The van der Waals surface area contributed by atoms with Crippen LogP contribution in [0.25, 0.3) is 0 Å². The van der Waals surface area contributed by atoms with Crippen LogP contribution in [0.1, 0.15) is 19.3 Å². The van der Waals surface area contributed by atoms with Gasteiger partial charge in [0.2, 0.25) is 0 Å². The van der Waals surface area contributed by atoms with Crippen molar-refractivity contribution in [3.8, 4) is 12.3 Å². The van der Waals surface area contributed by atoms with Gasteiger partial charge >= 0.3 is 0 Å². The number of rotatable bonds is 7. The van der Waals surface area contributed by atoms with Gasteiger partial charge < -0.3 is 9.84 Å². The van der Waals surface area contributed by atoms with Gasteiger partial charge in [-0.05, 0) is 12.8 Å². The van der Waals surface area contributed by atoms with Gasteiger partial charge in [-0.15, -0.1) is 12.3 Å². The molecule has 2 nitrogen and oxygen atoms in total. The van der Waals surface area contributed by atoms with Crippen LogP contribution in [0.3, 0.4) is 0 Å². The van der Waals surface area contributed by atoms with Crippen molar-refractivity contribution in [2.45, 2.75) is 31.8 Å². The molecule has 13 heavy (non-hydrogen) atoms. The first-order valence-electron chi connectivity index (χ1n) is 4.14. The number of hydrogen-bond acceptors (Lipinski definition) is 2. The van der Waals surface area contributed by atoms with Crippen molar-refractivity contribution >= 4 is 0 Å². The lowest BCUT2D eigenvalue weighted by atomic mass is 10.1. The lowest BCUT2D eigenvalue weighted by Gasteiger charge is -2.08. The standard InChI is InChI=1S/C9H14F2O2/c1-2-3-4-8(12)5-6-13-7-9(10)11/h1,8-9,12H,3-7H2. The summed E-state index contributed by atoms with van der Waals surface area (Å²) in [6, 6.07) is 0. The second-order valence-electron chi connectivity index (χ2n) is 2.65. The summed E-state index contributed by atoms with van der Waals surface area (Å²) in [7, 11) is 0. The summed E-state index contributed by atoms with van der Waals surface area (Å²) < 4.78 is 27.7. The van der Waals surface area contributed by atoms with Crippen molar-refractivity contribution in [3.63, 3.8) is 0 Å². The van der Waals surface area contributed by atoms with Gasteiger partial charge in [-0.1, -0.05) is 0 Å². The van der Waals surface area contributed by atoms with Crippen LogP contribution in [-0.4, -0.2) is 30.8 Å². The van der Waals surface area contributed by atoms with Crippen LogP contribution in [0.4, 0.5) is 8.78 Å². The summed E-state index contributed by atoms with van der Waals surface area (Å²) in [5.41, 5.74) is 0. The third-order valence-electron chi connectivity index (χ3n) is 1.46. The zero-order valence-electron chi connectivity index (χ0n) is 7.38. The third-order valence-corrected chi connectivity index (χ3v) is 1.46. The molecular formula is C9H14F2O2. The fraction of sp³-hybridized carbons (Fsp3) is 0.778. The summed E-state index contributed by atoms with van der Waals surface area (Å²) in [4.78, 5) is 0. The van der Waals surface area contributed by atoms with E-state index in [2.05, 4.69) is 10.7 Å². The maximum absolute atomic E-state index is 11.5. The van der Waals surface area contributed by atoms with Gasteiger partial charge in [0.25, 0.3) is 6.43 Å². The molecule has 0 bridgehead atoms. The van der Waals surface area contributed by atoms with E-state index in [4.69, 9.17) is 6.42 Å². The number of alkyl halides is 2. The molecular weight excluding hydrogens is 178 g/mol. The van der Waals surface area contributed by atoms with Crippen molar-refractivity contribution in [1.29, 1.82) is 0 Å². The number of hydrogen-bond donors (Lipinski definition) is 1. The van der Waals surface area contributed by atoms with Crippen molar-refractivity contribution in [3.05, 3.63) is 0 Å². The number of terminal acetylenes is 1. The second-order valence-corrected chi connectivity index (χ2v) is 2.65. The van der Waals surface area contributed by atoms with Gasteiger partial charge in [0, 0.05) is 13.0 Å². The Morgan fingerprint density at radius 2 is 2.08 bits per heavy atom. The Balaban J connectivity index is 3.17. The van der Waals surface area contributed by atoms with E-state index >= 15 is 0 Å². The lowest BCUT2D eigenvalue weighted by Crippen LogP contribution is -2.12. The summed E-state index contributed by atoms with van der Waals surface area (Å²) in [5.74, 6) is 2.39. The molecule has 1 atom stereocenters. The molecule has 0 heterocycles. The monoisotopic (exact) mass is 192 g/mol. The first-order valence-corrected chi connectivity index (χ1v) is 4.14. The third kappa shape index (κ3) is 9.25. The minimum Gasteiger partial charge on any atom is -0.393 e. The van der Waals surface area contributed by atoms with Crippen LogP contribution in [0.15, 0.2) is 0 Å². The zero-order valence-corrected chi connectivity index (χ0v) is 7.38. The first-order chi connectivity index (χ1) is 6.16. The normalized spacial score (nSPS) is 12.8. The van der Waals surface area contributed by atoms with Gasteiger partial charge in [-0.25, -0.2) is 8.78 Å². The van der Waals surface area contributed by atoms with Gasteiger partial charge in [-0.2, -0.15) is 0 Å². The molecule has 0 rings (SSSR count). The molecule has 0 aromatic carbocycles. The second kappa shape index (κ2) is 7.96. The Morgan fingerprint density at radius 1 is 1.38 bits per heavy atom. The van der Waals surface area contributed by atoms with E-state index in [1.807, 2.05) is 0 Å². The fourth-order valence-electron chi connectivity index (χ4n) is 0.786. The Hall–Kier alpha value is -0.660. The van der Waals surface area contributed by atoms with Crippen LogP contribution in [0.5, 0.6) is 0 Å². The van der Waals surface area contributed by atoms with Crippen LogP contribution in [0.2, 0.25) is 0 Å². The molecule has 0 aliphatic heterocycles.